The second-order valence-corrected chi connectivity index (χ2v) is 9.08. The van der Waals surface area contributed by atoms with E-state index in [1.807, 2.05) is 6.92 Å². The lowest BCUT2D eigenvalue weighted by molar-refractivity contribution is -0.0630. The number of hydrogen-bond acceptors (Lipinski definition) is 4. The van der Waals surface area contributed by atoms with E-state index in [1.165, 1.54) is 12.1 Å². The van der Waals surface area contributed by atoms with Gasteiger partial charge in [-0.1, -0.05) is 17.7 Å². The minimum Gasteiger partial charge on any atom is -0.393 e. The van der Waals surface area contributed by atoms with Gasteiger partial charge in [0.1, 0.15) is 0 Å². The fourth-order valence-electron chi connectivity index (χ4n) is 3.07. The van der Waals surface area contributed by atoms with Gasteiger partial charge in [0.25, 0.3) is 10.1 Å². The summed E-state index contributed by atoms with van der Waals surface area (Å²) < 4.78 is 79.4. The molecule has 3 rings (SSSR count). The molecule has 160 valence electrons. The Morgan fingerprint density at radius 2 is 1.32 bits per heavy atom. The van der Waals surface area contributed by atoms with Gasteiger partial charge < -0.3 is 5.11 Å². The number of rotatable bonds is 3. The number of hydrogen-bond donors (Lipinski definition) is 1. The maximum Gasteiger partial charge on any atom is 0.297 e. The van der Waals surface area contributed by atoms with Crippen LogP contribution in [0.1, 0.15) is 56.9 Å². The summed E-state index contributed by atoms with van der Waals surface area (Å²) in [6.45, 7) is 1.85. The van der Waals surface area contributed by atoms with E-state index in [1.54, 1.807) is 12.1 Å². The van der Waals surface area contributed by atoms with Crippen molar-refractivity contribution < 1.29 is 35.3 Å². The smallest absolute Gasteiger partial charge is 0.297 e. The fraction of sp³-hybridized carbons (Fsp3) is 0.684. The first-order valence-electron chi connectivity index (χ1n) is 9.32. The summed E-state index contributed by atoms with van der Waals surface area (Å²) in [7, 11) is -3.86. The summed E-state index contributed by atoms with van der Waals surface area (Å²) >= 11 is 0. The van der Waals surface area contributed by atoms with E-state index in [0.717, 1.165) is 5.56 Å². The van der Waals surface area contributed by atoms with E-state index in [0.29, 0.717) is 0 Å². The molecule has 2 aliphatic carbocycles. The molecule has 4 nitrogen and oxygen atoms in total. The molecule has 28 heavy (non-hydrogen) atoms. The van der Waals surface area contributed by atoms with E-state index >= 15 is 0 Å². The van der Waals surface area contributed by atoms with Crippen LogP contribution in [-0.4, -0.2) is 37.6 Å². The van der Waals surface area contributed by atoms with Gasteiger partial charge in [0, 0.05) is 25.7 Å². The Kier molecular flexibility index (Phi) is 7.50. The monoisotopic (exact) mass is 426 g/mol. The van der Waals surface area contributed by atoms with Crippen LogP contribution in [-0.2, 0) is 14.3 Å². The van der Waals surface area contributed by atoms with E-state index in [2.05, 4.69) is 0 Å². The Balaban J connectivity index is 0.000000261. The summed E-state index contributed by atoms with van der Waals surface area (Å²) in [6.07, 6.45) is -1.41. The van der Waals surface area contributed by atoms with Crippen LogP contribution in [0.15, 0.2) is 29.2 Å². The quantitative estimate of drug-likeness (QED) is 0.555. The van der Waals surface area contributed by atoms with Crippen LogP contribution in [0.3, 0.4) is 0 Å². The van der Waals surface area contributed by atoms with Crippen molar-refractivity contribution >= 4 is 10.1 Å². The largest absolute Gasteiger partial charge is 0.393 e. The zero-order valence-corrected chi connectivity index (χ0v) is 16.5. The molecule has 1 aromatic rings. The van der Waals surface area contributed by atoms with Crippen molar-refractivity contribution in [3.8, 4) is 0 Å². The van der Waals surface area contributed by atoms with E-state index < -0.39 is 34.2 Å². The van der Waals surface area contributed by atoms with Crippen LogP contribution in [0.5, 0.6) is 0 Å². The molecule has 0 aromatic heterocycles. The molecule has 1 aromatic carbocycles. The zero-order chi connectivity index (χ0) is 21.0. The molecule has 0 saturated heterocycles. The molecule has 2 saturated carbocycles. The van der Waals surface area contributed by atoms with Gasteiger partial charge >= 0.3 is 0 Å². The van der Waals surface area contributed by atoms with Crippen molar-refractivity contribution in [3.63, 3.8) is 0 Å². The first kappa shape index (κ1) is 23.1. The molecule has 0 heterocycles. The van der Waals surface area contributed by atoms with E-state index in [4.69, 9.17) is 9.29 Å². The summed E-state index contributed by atoms with van der Waals surface area (Å²) in [4.78, 5) is 0.0652. The van der Waals surface area contributed by atoms with Crippen LogP contribution in [0.4, 0.5) is 17.6 Å². The first-order chi connectivity index (χ1) is 12.9. The van der Waals surface area contributed by atoms with Gasteiger partial charge in [-0.15, -0.1) is 0 Å². The predicted molar refractivity (Wildman–Crippen MR) is 96.1 cm³/mol. The number of aliphatic hydroxyl groups is 1. The maximum atomic E-state index is 13.0. The Labute approximate surface area is 163 Å². The number of halogens is 4. The zero-order valence-electron chi connectivity index (χ0n) is 15.7. The van der Waals surface area contributed by atoms with Crippen molar-refractivity contribution in [2.24, 2.45) is 0 Å². The van der Waals surface area contributed by atoms with E-state index in [9.17, 15) is 26.0 Å². The second-order valence-electron chi connectivity index (χ2n) is 7.51. The standard InChI is InChI=1S/C13H16F2O3S.C6H10F2O/c1-10-2-4-12(5-3-10)19(16,17)18-11-6-8-13(14,15)9-7-11;7-6(8)3-1-5(9)2-4-6/h2-5,11H,6-9H2,1H3;5,9H,1-4H2. The molecule has 2 aliphatic rings. The van der Waals surface area contributed by atoms with Crippen molar-refractivity contribution in [2.75, 3.05) is 0 Å². The maximum absolute atomic E-state index is 13.0. The third kappa shape index (κ3) is 7.33. The molecule has 2 fully saturated rings. The van der Waals surface area contributed by atoms with Gasteiger partial charge in [0.2, 0.25) is 11.8 Å². The van der Waals surface area contributed by atoms with Crippen LogP contribution >= 0.6 is 0 Å². The molecule has 0 bridgehead atoms. The third-order valence-electron chi connectivity index (χ3n) is 4.92. The molecular weight excluding hydrogens is 400 g/mol. The molecular formula is C19H26F4O4S. The topological polar surface area (TPSA) is 63.6 Å². The van der Waals surface area contributed by atoms with Crippen molar-refractivity contribution in [1.82, 2.24) is 0 Å². The average Bonchev–Trinajstić information content (AvgIpc) is 2.60. The van der Waals surface area contributed by atoms with Gasteiger partial charge in [0.15, 0.2) is 0 Å². The first-order valence-corrected chi connectivity index (χ1v) is 10.7. The summed E-state index contributed by atoms with van der Waals surface area (Å²) in [5.41, 5.74) is 0.941. The molecule has 0 atom stereocenters. The van der Waals surface area contributed by atoms with Gasteiger partial charge in [-0.25, -0.2) is 17.6 Å². The highest BCUT2D eigenvalue weighted by Crippen LogP contribution is 2.35. The van der Waals surface area contributed by atoms with Crippen LogP contribution in [0.25, 0.3) is 0 Å². The summed E-state index contributed by atoms with van der Waals surface area (Å²) in [6, 6.07) is 6.26. The number of alkyl halides is 4. The highest BCUT2D eigenvalue weighted by Gasteiger charge is 2.37. The number of benzene rings is 1. The average molecular weight is 426 g/mol. The molecule has 0 radical (unpaired) electrons. The minimum absolute atomic E-state index is 0.0652. The lowest BCUT2D eigenvalue weighted by Crippen LogP contribution is -2.30. The van der Waals surface area contributed by atoms with E-state index in [-0.39, 0.29) is 56.3 Å². The van der Waals surface area contributed by atoms with Crippen LogP contribution in [0.2, 0.25) is 0 Å². The molecule has 0 spiro atoms. The summed E-state index contributed by atoms with van der Waals surface area (Å²) in [5.74, 6) is -5.19. The molecule has 0 amide bonds. The summed E-state index contributed by atoms with van der Waals surface area (Å²) in [5, 5.41) is 8.81. The minimum atomic E-state index is -3.86. The lowest BCUT2D eigenvalue weighted by Gasteiger charge is -2.27. The van der Waals surface area contributed by atoms with Gasteiger partial charge in [-0.05, 0) is 44.7 Å². The van der Waals surface area contributed by atoms with Crippen molar-refractivity contribution in [2.45, 2.75) is 87.2 Å². The lowest BCUT2D eigenvalue weighted by atomic mass is 9.94. The Bertz CT molecular complexity index is 715. The van der Waals surface area contributed by atoms with Crippen LogP contribution in [0, 0.1) is 6.92 Å². The molecule has 0 unspecified atom stereocenters. The second kappa shape index (κ2) is 9.09. The van der Waals surface area contributed by atoms with Gasteiger partial charge in [0.05, 0.1) is 17.1 Å². The normalized spacial score (nSPS) is 22.9. The molecule has 0 aliphatic heterocycles. The molecule has 1 N–H and O–H groups in total. The molecule has 9 heteroatoms. The fourth-order valence-corrected chi connectivity index (χ4v) is 4.21. The van der Waals surface area contributed by atoms with Crippen LogP contribution < -0.4 is 0 Å². The number of aryl methyl sites for hydroxylation is 1. The number of aliphatic hydroxyl groups excluding tert-OH is 1. The van der Waals surface area contributed by atoms with Gasteiger partial charge in [-0.3, -0.25) is 4.18 Å². The highest BCUT2D eigenvalue weighted by atomic mass is 32.2. The SMILES string of the molecule is Cc1ccc(S(=O)(=O)OC2CCC(F)(F)CC2)cc1.OC1CCC(F)(F)CC1. The van der Waals surface area contributed by atoms with Gasteiger partial charge in [-0.2, -0.15) is 8.42 Å². The third-order valence-corrected chi connectivity index (χ3v) is 6.30. The van der Waals surface area contributed by atoms with Crippen molar-refractivity contribution in [3.05, 3.63) is 29.8 Å². The van der Waals surface area contributed by atoms with Crippen molar-refractivity contribution in [1.29, 1.82) is 0 Å². The Morgan fingerprint density at radius 3 is 1.75 bits per heavy atom. The predicted octanol–water partition coefficient (Wildman–Crippen LogP) is 4.83. The Morgan fingerprint density at radius 1 is 0.893 bits per heavy atom. The Hall–Kier alpha value is -1.19. The highest BCUT2D eigenvalue weighted by molar-refractivity contribution is 7.86.